The van der Waals surface area contributed by atoms with Gasteiger partial charge in [0.25, 0.3) is 0 Å². The molecule has 1 heterocycles. The molecule has 2 rings (SSSR count). The Morgan fingerprint density at radius 3 is 2.71 bits per heavy atom. The molecule has 1 aromatic rings. The maximum Gasteiger partial charge on any atom is 0.231 e. The van der Waals surface area contributed by atoms with Crippen molar-refractivity contribution in [3.8, 4) is 11.5 Å². The first-order chi connectivity index (χ1) is 6.81. The number of fused-ring (bicyclic) bond motifs is 1. The van der Waals surface area contributed by atoms with Crippen LogP contribution in [0, 0.1) is 0 Å². The molecular formula is C10H11BrO2S. The molecule has 0 amide bonds. The predicted octanol–water partition coefficient (Wildman–Crippen LogP) is 3.04. The highest BCUT2D eigenvalue weighted by Crippen LogP contribution is 2.37. The van der Waals surface area contributed by atoms with Crippen LogP contribution in [0.2, 0.25) is 0 Å². The molecule has 0 aliphatic carbocycles. The second kappa shape index (κ2) is 4.45. The summed E-state index contributed by atoms with van der Waals surface area (Å²) in [5, 5.41) is 0. The van der Waals surface area contributed by atoms with Crippen LogP contribution < -0.4 is 9.47 Å². The average Bonchev–Trinajstić information content (AvgIpc) is 2.61. The van der Waals surface area contributed by atoms with E-state index in [9.17, 15) is 0 Å². The van der Waals surface area contributed by atoms with E-state index in [1.807, 2.05) is 12.1 Å². The standard InChI is InChI=1S/C10H11BrO2S/c11-8-5-10-9(12-6-13-10)4-7(8)2-1-3-14/h4-5,14H,1-3,6H2. The summed E-state index contributed by atoms with van der Waals surface area (Å²) in [6.07, 6.45) is 2.09. The Kier molecular flexibility index (Phi) is 3.23. The van der Waals surface area contributed by atoms with Crippen molar-refractivity contribution < 1.29 is 9.47 Å². The van der Waals surface area contributed by atoms with E-state index in [0.29, 0.717) is 6.79 Å². The first-order valence-corrected chi connectivity index (χ1v) is 5.92. The molecule has 14 heavy (non-hydrogen) atoms. The third kappa shape index (κ3) is 2.01. The number of thiol groups is 1. The van der Waals surface area contributed by atoms with E-state index in [1.165, 1.54) is 5.56 Å². The number of benzene rings is 1. The normalized spacial score (nSPS) is 13.3. The van der Waals surface area contributed by atoms with Crippen LogP contribution in [0.1, 0.15) is 12.0 Å². The Morgan fingerprint density at radius 2 is 2.00 bits per heavy atom. The first kappa shape index (κ1) is 10.2. The molecule has 0 fully saturated rings. The van der Waals surface area contributed by atoms with Crippen LogP contribution in [0.3, 0.4) is 0 Å². The Hall–Kier alpha value is -0.350. The largest absolute Gasteiger partial charge is 0.454 e. The van der Waals surface area contributed by atoms with Crippen molar-refractivity contribution in [3.05, 3.63) is 22.2 Å². The van der Waals surface area contributed by atoms with E-state index in [0.717, 1.165) is 34.6 Å². The molecule has 76 valence electrons. The summed E-state index contributed by atoms with van der Waals surface area (Å²) in [6.45, 7) is 0.331. The maximum atomic E-state index is 5.31. The average molecular weight is 275 g/mol. The highest BCUT2D eigenvalue weighted by molar-refractivity contribution is 9.10. The van der Waals surface area contributed by atoms with Crippen molar-refractivity contribution in [1.29, 1.82) is 0 Å². The van der Waals surface area contributed by atoms with E-state index in [2.05, 4.69) is 28.6 Å². The molecule has 4 heteroatoms. The van der Waals surface area contributed by atoms with Crippen LogP contribution in [0.4, 0.5) is 0 Å². The number of ether oxygens (including phenoxy) is 2. The van der Waals surface area contributed by atoms with Gasteiger partial charge in [0.1, 0.15) is 0 Å². The van der Waals surface area contributed by atoms with Gasteiger partial charge in [-0.05, 0) is 36.3 Å². The van der Waals surface area contributed by atoms with Gasteiger partial charge in [0.05, 0.1) is 0 Å². The lowest BCUT2D eigenvalue weighted by Gasteiger charge is -2.05. The Balaban J connectivity index is 2.23. The number of halogens is 1. The smallest absolute Gasteiger partial charge is 0.231 e. The van der Waals surface area contributed by atoms with Crippen LogP contribution in [-0.2, 0) is 6.42 Å². The van der Waals surface area contributed by atoms with Crippen molar-refractivity contribution >= 4 is 28.6 Å². The molecule has 0 saturated heterocycles. The van der Waals surface area contributed by atoms with E-state index in [4.69, 9.17) is 9.47 Å². The fraction of sp³-hybridized carbons (Fsp3) is 0.400. The topological polar surface area (TPSA) is 18.5 Å². The number of hydrogen-bond donors (Lipinski definition) is 1. The number of aryl methyl sites for hydroxylation is 1. The van der Waals surface area contributed by atoms with Crippen LogP contribution in [0.5, 0.6) is 11.5 Å². The Morgan fingerprint density at radius 1 is 1.29 bits per heavy atom. The fourth-order valence-corrected chi connectivity index (χ4v) is 2.10. The zero-order valence-corrected chi connectivity index (χ0v) is 10.1. The molecule has 1 aliphatic rings. The summed E-state index contributed by atoms with van der Waals surface area (Å²) in [4.78, 5) is 0. The molecule has 0 radical (unpaired) electrons. The monoisotopic (exact) mass is 274 g/mol. The third-order valence-corrected chi connectivity index (χ3v) is 3.20. The zero-order valence-electron chi connectivity index (χ0n) is 7.62. The molecule has 0 unspecified atom stereocenters. The van der Waals surface area contributed by atoms with E-state index in [1.54, 1.807) is 0 Å². The summed E-state index contributed by atoms with van der Waals surface area (Å²) in [5.74, 6) is 2.58. The second-order valence-corrected chi connectivity index (χ2v) is 4.43. The van der Waals surface area contributed by atoms with Gasteiger partial charge in [0.15, 0.2) is 11.5 Å². The molecule has 0 saturated carbocycles. The summed E-state index contributed by atoms with van der Waals surface area (Å²) >= 11 is 7.71. The minimum Gasteiger partial charge on any atom is -0.454 e. The summed E-state index contributed by atoms with van der Waals surface area (Å²) in [5.41, 5.74) is 1.25. The number of hydrogen-bond acceptors (Lipinski definition) is 3. The zero-order chi connectivity index (χ0) is 9.97. The second-order valence-electron chi connectivity index (χ2n) is 3.12. The van der Waals surface area contributed by atoms with Crippen molar-refractivity contribution in [3.63, 3.8) is 0 Å². The Bertz CT molecular complexity index is 341. The van der Waals surface area contributed by atoms with Crippen molar-refractivity contribution in [2.75, 3.05) is 12.5 Å². The van der Waals surface area contributed by atoms with E-state index >= 15 is 0 Å². The lowest BCUT2D eigenvalue weighted by atomic mass is 10.1. The molecule has 0 N–H and O–H groups in total. The molecule has 0 spiro atoms. The van der Waals surface area contributed by atoms with Gasteiger partial charge in [-0.15, -0.1) is 0 Å². The fourth-order valence-electron chi connectivity index (χ4n) is 1.42. The van der Waals surface area contributed by atoms with Gasteiger partial charge in [-0.3, -0.25) is 0 Å². The SMILES string of the molecule is SCCCc1cc2c(cc1Br)OCO2. The van der Waals surface area contributed by atoms with Gasteiger partial charge < -0.3 is 9.47 Å². The summed E-state index contributed by atoms with van der Waals surface area (Å²) in [7, 11) is 0. The molecule has 1 aliphatic heterocycles. The Labute approximate surface area is 97.1 Å². The van der Waals surface area contributed by atoms with Crippen LogP contribution in [0.25, 0.3) is 0 Å². The first-order valence-electron chi connectivity index (χ1n) is 4.50. The molecule has 1 aromatic carbocycles. The quantitative estimate of drug-likeness (QED) is 0.855. The summed E-state index contributed by atoms with van der Waals surface area (Å²) in [6, 6.07) is 4.01. The lowest BCUT2D eigenvalue weighted by Crippen LogP contribution is -1.93. The third-order valence-electron chi connectivity index (χ3n) is 2.15. The molecule has 0 aromatic heterocycles. The van der Waals surface area contributed by atoms with Crippen molar-refractivity contribution in [2.45, 2.75) is 12.8 Å². The van der Waals surface area contributed by atoms with Gasteiger partial charge in [-0.2, -0.15) is 12.6 Å². The highest BCUT2D eigenvalue weighted by Gasteiger charge is 2.15. The summed E-state index contributed by atoms with van der Waals surface area (Å²) < 4.78 is 11.7. The van der Waals surface area contributed by atoms with Crippen molar-refractivity contribution in [1.82, 2.24) is 0 Å². The minimum absolute atomic E-state index is 0.331. The van der Waals surface area contributed by atoms with Crippen molar-refractivity contribution in [2.24, 2.45) is 0 Å². The predicted molar refractivity (Wildman–Crippen MR) is 62.4 cm³/mol. The van der Waals surface area contributed by atoms with E-state index in [-0.39, 0.29) is 0 Å². The van der Waals surface area contributed by atoms with Gasteiger partial charge in [0.2, 0.25) is 6.79 Å². The number of rotatable bonds is 3. The lowest BCUT2D eigenvalue weighted by molar-refractivity contribution is 0.174. The van der Waals surface area contributed by atoms with Gasteiger partial charge in [-0.25, -0.2) is 0 Å². The molecule has 0 bridgehead atoms. The van der Waals surface area contributed by atoms with Gasteiger partial charge >= 0.3 is 0 Å². The molecular weight excluding hydrogens is 264 g/mol. The minimum atomic E-state index is 0.331. The molecule has 2 nitrogen and oxygen atoms in total. The van der Waals surface area contributed by atoms with Crippen LogP contribution >= 0.6 is 28.6 Å². The van der Waals surface area contributed by atoms with E-state index < -0.39 is 0 Å². The van der Waals surface area contributed by atoms with Crippen LogP contribution in [0.15, 0.2) is 16.6 Å². The van der Waals surface area contributed by atoms with Crippen LogP contribution in [-0.4, -0.2) is 12.5 Å². The highest BCUT2D eigenvalue weighted by atomic mass is 79.9. The van der Waals surface area contributed by atoms with Gasteiger partial charge in [-0.1, -0.05) is 15.9 Å². The van der Waals surface area contributed by atoms with Gasteiger partial charge in [0, 0.05) is 4.47 Å². The molecule has 0 atom stereocenters. The maximum absolute atomic E-state index is 5.31.